The minimum Gasteiger partial charge on any atom is -0.508 e. The number of benzene rings is 1. The lowest BCUT2D eigenvalue weighted by Crippen LogP contribution is -2.43. The Morgan fingerprint density at radius 1 is 1.25 bits per heavy atom. The summed E-state index contributed by atoms with van der Waals surface area (Å²) < 4.78 is 0. The molecule has 0 unspecified atom stereocenters. The third kappa shape index (κ3) is 2.09. The average molecular weight is 326 g/mol. The predicted molar refractivity (Wildman–Crippen MR) is 92.4 cm³/mol. The summed E-state index contributed by atoms with van der Waals surface area (Å²) in [4.78, 5) is 25.1. The SMILES string of the molecule is CCCc1cc2c(cc1O)C(=O)C[C@@H]1[C@@H]2CC[C@]2(C)C(=O)CC[C@@H]12. The molecule has 1 N–H and O–H groups in total. The maximum atomic E-state index is 12.7. The fourth-order valence-corrected chi connectivity index (χ4v) is 5.72. The van der Waals surface area contributed by atoms with Crippen molar-refractivity contribution in [2.24, 2.45) is 17.3 Å². The van der Waals surface area contributed by atoms with Crippen molar-refractivity contribution in [3.63, 3.8) is 0 Å². The molecule has 3 aliphatic rings. The Bertz CT molecular complexity index is 720. The molecule has 4 atom stereocenters. The number of carbonyl (C=O) groups excluding carboxylic acids is 2. The van der Waals surface area contributed by atoms with Crippen molar-refractivity contribution in [2.75, 3.05) is 0 Å². The van der Waals surface area contributed by atoms with Gasteiger partial charge in [-0.25, -0.2) is 0 Å². The monoisotopic (exact) mass is 326 g/mol. The standard InChI is InChI=1S/C21H26O3/c1-3-4-12-9-14-13-7-8-21(2)17(5-6-20(21)24)15(13)10-19(23)16(14)11-18(12)22/h9,11,13,15,17,22H,3-8,10H2,1-2H3/t13-,15-,17+,21+/m1/s1. The molecule has 3 aliphatic carbocycles. The fraction of sp³-hybridized carbons (Fsp3) is 0.619. The molecular weight excluding hydrogens is 300 g/mol. The van der Waals surface area contributed by atoms with Gasteiger partial charge in [0.25, 0.3) is 0 Å². The molecule has 0 spiro atoms. The summed E-state index contributed by atoms with van der Waals surface area (Å²) >= 11 is 0. The largest absolute Gasteiger partial charge is 0.508 e. The molecule has 3 heteroatoms. The molecule has 0 bridgehead atoms. The van der Waals surface area contributed by atoms with Crippen LogP contribution in [0.25, 0.3) is 0 Å². The van der Waals surface area contributed by atoms with Gasteiger partial charge in [-0.05, 0) is 60.6 Å². The summed E-state index contributed by atoms with van der Waals surface area (Å²) in [5, 5.41) is 10.2. The molecule has 3 nitrogen and oxygen atoms in total. The van der Waals surface area contributed by atoms with E-state index in [0.717, 1.165) is 48.8 Å². The van der Waals surface area contributed by atoms with E-state index in [1.54, 1.807) is 6.07 Å². The minimum absolute atomic E-state index is 0.146. The van der Waals surface area contributed by atoms with E-state index in [4.69, 9.17) is 0 Å². The molecule has 128 valence electrons. The molecular formula is C21H26O3. The molecule has 2 fully saturated rings. The molecule has 1 aromatic carbocycles. The van der Waals surface area contributed by atoms with E-state index in [1.165, 1.54) is 0 Å². The number of aryl methyl sites for hydroxylation is 1. The number of rotatable bonds is 2. The van der Waals surface area contributed by atoms with Gasteiger partial charge in [0, 0.05) is 23.8 Å². The van der Waals surface area contributed by atoms with Crippen molar-refractivity contribution in [1.29, 1.82) is 0 Å². The topological polar surface area (TPSA) is 54.4 Å². The highest BCUT2D eigenvalue weighted by Crippen LogP contribution is 2.59. The molecule has 2 saturated carbocycles. The lowest BCUT2D eigenvalue weighted by Gasteiger charge is -2.47. The third-order valence-corrected chi connectivity index (χ3v) is 7.04. The van der Waals surface area contributed by atoms with Gasteiger partial charge in [0.15, 0.2) is 5.78 Å². The number of aromatic hydroxyl groups is 1. The van der Waals surface area contributed by atoms with Crippen LogP contribution in [0.1, 0.15) is 79.8 Å². The van der Waals surface area contributed by atoms with Gasteiger partial charge in [-0.2, -0.15) is 0 Å². The van der Waals surface area contributed by atoms with Gasteiger partial charge >= 0.3 is 0 Å². The van der Waals surface area contributed by atoms with Crippen LogP contribution in [-0.2, 0) is 11.2 Å². The van der Waals surface area contributed by atoms with Gasteiger partial charge in [0.1, 0.15) is 11.5 Å². The molecule has 0 radical (unpaired) electrons. The molecule has 4 rings (SSSR count). The van der Waals surface area contributed by atoms with E-state index < -0.39 is 0 Å². The van der Waals surface area contributed by atoms with Crippen molar-refractivity contribution >= 4 is 11.6 Å². The summed E-state index contributed by atoms with van der Waals surface area (Å²) in [5.74, 6) is 1.84. The summed E-state index contributed by atoms with van der Waals surface area (Å²) in [6.07, 6.45) is 5.90. The van der Waals surface area contributed by atoms with Crippen molar-refractivity contribution < 1.29 is 14.7 Å². The van der Waals surface area contributed by atoms with Crippen LogP contribution >= 0.6 is 0 Å². The summed E-state index contributed by atoms with van der Waals surface area (Å²) in [6, 6.07) is 3.79. The van der Waals surface area contributed by atoms with Gasteiger partial charge < -0.3 is 5.11 Å². The van der Waals surface area contributed by atoms with Crippen LogP contribution in [0, 0.1) is 17.3 Å². The zero-order valence-corrected chi connectivity index (χ0v) is 14.6. The quantitative estimate of drug-likeness (QED) is 0.876. The Morgan fingerprint density at radius 3 is 2.79 bits per heavy atom. The van der Waals surface area contributed by atoms with E-state index >= 15 is 0 Å². The van der Waals surface area contributed by atoms with Crippen LogP contribution in [0.4, 0.5) is 0 Å². The molecule has 24 heavy (non-hydrogen) atoms. The highest BCUT2D eigenvalue weighted by molar-refractivity contribution is 6.00. The van der Waals surface area contributed by atoms with Gasteiger partial charge in [0.05, 0.1) is 0 Å². The van der Waals surface area contributed by atoms with Gasteiger partial charge in [-0.3, -0.25) is 9.59 Å². The Morgan fingerprint density at radius 2 is 2.04 bits per heavy atom. The second kappa shape index (κ2) is 5.44. The molecule has 0 amide bonds. The van der Waals surface area contributed by atoms with E-state index in [9.17, 15) is 14.7 Å². The first-order chi connectivity index (χ1) is 11.5. The smallest absolute Gasteiger partial charge is 0.163 e. The zero-order valence-electron chi connectivity index (χ0n) is 14.6. The van der Waals surface area contributed by atoms with Crippen molar-refractivity contribution in [1.82, 2.24) is 0 Å². The van der Waals surface area contributed by atoms with Crippen LogP contribution < -0.4 is 0 Å². The maximum absolute atomic E-state index is 12.7. The van der Waals surface area contributed by atoms with Crippen LogP contribution in [0.15, 0.2) is 12.1 Å². The van der Waals surface area contributed by atoms with E-state index in [-0.39, 0.29) is 16.9 Å². The highest BCUT2D eigenvalue weighted by atomic mass is 16.3. The number of hydrogen-bond donors (Lipinski definition) is 1. The fourth-order valence-electron chi connectivity index (χ4n) is 5.72. The highest BCUT2D eigenvalue weighted by Gasteiger charge is 2.55. The van der Waals surface area contributed by atoms with Crippen molar-refractivity contribution in [2.45, 2.75) is 64.7 Å². The Balaban J connectivity index is 1.77. The first-order valence-electron chi connectivity index (χ1n) is 9.38. The van der Waals surface area contributed by atoms with Crippen LogP contribution in [0.3, 0.4) is 0 Å². The zero-order chi connectivity index (χ0) is 17.1. The Hall–Kier alpha value is -1.64. The van der Waals surface area contributed by atoms with Crippen molar-refractivity contribution in [3.05, 3.63) is 28.8 Å². The summed E-state index contributed by atoms with van der Waals surface area (Å²) in [6.45, 7) is 4.23. The number of Topliss-reactive ketones (excluding diaryl/α,β-unsaturated/α-hetero) is 2. The normalized spacial score (nSPS) is 34.7. The Kier molecular flexibility index (Phi) is 3.59. The van der Waals surface area contributed by atoms with Crippen LogP contribution in [0.2, 0.25) is 0 Å². The lowest BCUT2D eigenvalue weighted by molar-refractivity contribution is -0.129. The van der Waals surface area contributed by atoms with Crippen LogP contribution in [-0.4, -0.2) is 16.7 Å². The molecule has 0 saturated heterocycles. The van der Waals surface area contributed by atoms with Crippen molar-refractivity contribution in [3.8, 4) is 5.75 Å². The predicted octanol–water partition coefficient (Wildman–Crippen LogP) is 4.41. The number of fused-ring (bicyclic) bond motifs is 5. The summed E-state index contributed by atoms with van der Waals surface area (Å²) in [7, 11) is 0. The first-order valence-corrected chi connectivity index (χ1v) is 9.38. The number of phenols is 1. The van der Waals surface area contributed by atoms with E-state index in [2.05, 4.69) is 19.9 Å². The van der Waals surface area contributed by atoms with Gasteiger partial charge in [-0.1, -0.05) is 26.3 Å². The number of carbonyl (C=O) groups is 2. The molecule has 0 aromatic heterocycles. The van der Waals surface area contributed by atoms with Crippen LogP contribution in [0.5, 0.6) is 5.75 Å². The average Bonchev–Trinajstić information content (AvgIpc) is 2.85. The summed E-state index contributed by atoms with van der Waals surface area (Å²) in [5.41, 5.74) is 2.61. The second-order valence-corrected chi connectivity index (χ2v) is 8.24. The lowest BCUT2D eigenvalue weighted by atomic mass is 9.55. The molecule has 0 aliphatic heterocycles. The first kappa shape index (κ1) is 15.9. The van der Waals surface area contributed by atoms with E-state index in [0.29, 0.717) is 36.4 Å². The molecule has 0 heterocycles. The van der Waals surface area contributed by atoms with Gasteiger partial charge in [-0.15, -0.1) is 0 Å². The maximum Gasteiger partial charge on any atom is 0.163 e. The Labute approximate surface area is 143 Å². The number of hydrogen-bond acceptors (Lipinski definition) is 3. The second-order valence-electron chi connectivity index (χ2n) is 8.24. The number of phenolic OH excluding ortho intramolecular Hbond substituents is 1. The van der Waals surface area contributed by atoms with E-state index in [1.807, 2.05) is 0 Å². The number of ketones is 2. The third-order valence-electron chi connectivity index (χ3n) is 7.04. The van der Waals surface area contributed by atoms with Gasteiger partial charge in [0.2, 0.25) is 0 Å². The molecule has 1 aromatic rings. The minimum atomic E-state index is -0.206.